The fourth-order valence-corrected chi connectivity index (χ4v) is 1.83. The van der Waals surface area contributed by atoms with Crippen LogP contribution in [-0.4, -0.2) is 18.4 Å². The van der Waals surface area contributed by atoms with Gasteiger partial charge in [0.15, 0.2) is 0 Å². The lowest BCUT2D eigenvalue weighted by atomic mass is 10.2. The second-order valence-electron chi connectivity index (χ2n) is 3.18. The standard InChI is InChI=1S/C9H13O2P/c1-12(2,11)9-5-3-8(7-10)4-6-9/h3-6,10H,7H2,1-2H3. The molecular weight excluding hydrogens is 171 g/mol. The van der Waals surface area contributed by atoms with Crippen LogP contribution in [-0.2, 0) is 11.2 Å². The molecule has 0 aliphatic carbocycles. The first-order valence-electron chi connectivity index (χ1n) is 3.79. The molecule has 0 amide bonds. The summed E-state index contributed by atoms with van der Waals surface area (Å²) in [6.07, 6.45) is 0. The average Bonchev–Trinajstić information content (AvgIpc) is 2.03. The fourth-order valence-electron chi connectivity index (χ4n) is 0.960. The highest BCUT2D eigenvalue weighted by molar-refractivity contribution is 7.70. The van der Waals surface area contributed by atoms with Gasteiger partial charge >= 0.3 is 0 Å². The number of hydrogen-bond acceptors (Lipinski definition) is 2. The van der Waals surface area contributed by atoms with E-state index in [-0.39, 0.29) is 6.61 Å². The molecule has 0 unspecified atom stereocenters. The van der Waals surface area contributed by atoms with Crippen LogP contribution < -0.4 is 5.30 Å². The summed E-state index contributed by atoms with van der Waals surface area (Å²) in [4.78, 5) is 0. The van der Waals surface area contributed by atoms with Crippen molar-refractivity contribution in [2.24, 2.45) is 0 Å². The van der Waals surface area contributed by atoms with E-state index in [9.17, 15) is 4.57 Å². The summed E-state index contributed by atoms with van der Waals surface area (Å²) in [5.74, 6) is 0. The molecule has 0 aliphatic heterocycles. The van der Waals surface area contributed by atoms with Gasteiger partial charge < -0.3 is 9.67 Å². The summed E-state index contributed by atoms with van der Waals surface area (Å²) in [6.45, 7) is 3.51. The van der Waals surface area contributed by atoms with Gasteiger partial charge in [-0.3, -0.25) is 0 Å². The fraction of sp³-hybridized carbons (Fsp3) is 0.333. The van der Waals surface area contributed by atoms with Gasteiger partial charge in [-0.05, 0) is 18.9 Å². The van der Waals surface area contributed by atoms with Gasteiger partial charge in [0.05, 0.1) is 6.61 Å². The van der Waals surface area contributed by atoms with Crippen LogP contribution in [0.25, 0.3) is 0 Å². The number of aliphatic hydroxyl groups is 1. The third-order valence-corrected chi connectivity index (χ3v) is 3.28. The van der Waals surface area contributed by atoms with Crippen molar-refractivity contribution < 1.29 is 9.67 Å². The van der Waals surface area contributed by atoms with Crippen molar-refractivity contribution in [1.82, 2.24) is 0 Å². The van der Waals surface area contributed by atoms with Crippen LogP contribution >= 0.6 is 7.14 Å². The number of hydrogen-bond donors (Lipinski definition) is 1. The molecule has 1 aromatic rings. The molecule has 0 spiro atoms. The van der Waals surface area contributed by atoms with Crippen LogP contribution in [0.3, 0.4) is 0 Å². The van der Waals surface area contributed by atoms with Crippen LogP contribution in [0, 0.1) is 0 Å². The third-order valence-electron chi connectivity index (χ3n) is 1.74. The van der Waals surface area contributed by atoms with E-state index in [1.807, 2.05) is 12.1 Å². The van der Waals surface area contributed by atoms with E-state index in [4.69, 9.17) is 5.11 Å². The first-order valence-corrected chi connectivity index (χ1v) is 6.39. The van der Waals surface area contributed by atoms with Gasteiger partial charge in [-0.1, -0.05) is 24.3 Å². The Balaban J connectivity index is 3.01. The van der Waals surface area contributed by atoms with Crippen molar-refractivity contribution in [3.05, 3.63) is 29.8 Å². The zero-order valence-corrected chi connectivity index (χ0v) is 8.21. The minimum Gasteiger partial charge on any atom is -0.392 e. The lowest BCUT2D eigenvalue weighted by Gasteiger charge is -2.06. The summed E-state index contributed by atoms with van der Waals surface area (Å²) in [5, 5.41) is 9.62. The molecule has 0 atom stereocenters. The highest BCUT2D eigenvalue weighted by Crippen LogP contribution is 2.34. The molecule has 0 radical (unpaired) electrons. The normalized spacial score (nSPS) is 11.6. The molecular formula is C9H13O2P. The summed E-state index contributed by atoms with van der Waals surface area (Å²) >= 11 is 0. The van der Waals surface area contributed by atoms with Gasteiger partial charge in [-0.2, -0.15) is 0 Å². The molecule has 12 heavy (non-hydrogen) atoms. The maximum atomic E-state index is 11.6. The number of benzene rings is 1. The van der Waals surface area contributed by atoms with Crippen molar-refractivity contribution in [2.45, 2.75) is 6.61 Å². The lowest BCUT2D eigenvalue weighted by Crippen LogP contribution is -2.02. The number of aliphatic hydroxyl groups excluding tert-OH is 1. The predicted octanol–water partition coefficient (Wildman–Crippen LogP) is 1.43. The zero-order chi connectivity index (χ0) is 9.19. The molecule has 0 bridgehead atoms. The third kappa shape index (κ3) is 2.20. The maximum absolute atomic E-state index is 11.6. The van der Waals surface area contributed by atoms with E-state index in [1.165, 1.54) is 0 Å². The Morgan fingerprint density at radius 3 is 2.08 bits per heavy atom. The van der Waals surface area contributed by atoms with Gasteiger partial charge in [0.2, 0.25) is 0 Å². The zero-order valence-electron chi connectivity index (χ0n) is 7.32. The Hall–Kier alpha value is -0.590. The molecule has 2 nitrogen and oxygen atoms in total. The molecule has 0 saturated heterocycles. The van der Waals surface area contributed by atoms with Gasteiger partial charge in [0.1, 0.15) is 7.14 Å². The molecule has 0 saturated carbocycles. The van der Waals surface area contributed by atoms with E-state index in [2.05, 4.69) is 0 Å². The molecule has 3 heteroatoms. The van der Waals surface area contributed by atoms with Crippen molar-refractivity contribution in [2.75, 3.05) is 13.3 Å². The monoisotopic (exact) mass is 184 g/mol. The second-order valence-corrected chi connectivity index (χ2v) is 6.39. The Morgan fingerprint density at radius 1 is 1.25 bits per heavy atom. The molecule has 1 N–H and O–H groups in total. The first-order chi connectivity index (χ1) is 5.54. The Labute approximate surface area is 72.6 Å². The molecule has 66 valence electrons. The van der Waals surface area contributed by atoms with Gasteiger partial charge in [-0.15, -0.1) is 0 Å². The van der Waals surface area contributed by atoms with Gasteiger partial charge in [0.25, 0.3) is 0 Å². The Kier molecular flexibility index (Phi) is 2.71. The van der Waals surface area contributed by atoms with E-state index in [0.717, 1.165) is 10.9 Å². The summed E-state index contributed by atoms with van der Waals surface area (Å²) in [5.41, 5.74) is 0.854. The smallest absolute Gasteiger partial charge is 0.109 e. The van der Waals surface area contributed by atoms with Crippen LogP contribution in [0.15, 0.2) is 24.3 Å². The SMILES string of the molecule is CP(C)(=O)c1ccc(CO)cc1. The summed E-state index contributed by atoms with van der Waals surface area (Å²) in [7, 11) is -2.13. The van der Waals surface area contributed by atoms with E-state index in [1.54, 1.807) is 25.5 Å². The average molecular weight is 184 g/mol. The first kappa shape index (κ1) is 9.50. The number of rotatable bonds is 2. The van der Waals surface area contributed by atoms with Crippen molar-refractivity contribution in [3.8, 4) is 0 Å². The van der Waals surface area contributed by atoms with Crippen LogP contribution in [0.1, 0.15) is 5.56 Å². The predicted molar refractivity (Wildman–Crippen MR) is 51.5 cm³/mol. The van der Waals surface area contributed by atoms with Gasteiger partial charge in [0, 0.05) is 5.30 Å². The summed E-state index contributed by atoms with van der Waals surface area (Å²) in [6, 6.07) is 7.22. The topological polar surface area (TPSA) is 37.3 Å². The Morgan fingerprint density at radius 2 is 1.75 bits per heavy atom. The summed E-state index contributed by atoms with van der Waals surface area (Å²) < 4.78 is 11.6. The van der Waals surface area contributed by atoms with Crippen LogP contribution in [0.2, 0.25) is 0 Å². The second kappa shape index (κ2) is 3.42. The van der Waals surface area contributed by atoms with Crippen molar-refractivity contribution >= 4 is 12.4 Å². The van der Waals surface area contributed by atoms with Crippen molar-refractivity contribution in [3.63, 3.8) is 0 Å². The largest absolute Gasteiger partial charge is 0.392 e. The van der Waals surface area contributed by atoms with E-state index >= 15 is 0 Å². The molecule has 1 rings (SSSR count). The molecule has 0 heterocycles. The lowest BCUT2D eigenvalue weighted by molar-refractivity contribution is 0.282. The molecule has 0 fully saturated rings. The minimum absolute atomic E-state index is 0.0397. The van der Waals surface area contributed by atoms with E-state index < -0.39 is 7.14 Å². The molecule has 0 aliphatic rings. The van der Waals surface area contributed by atoms with Gasteiger partial charge in [-0.25, -0.2) is 0 Å². The van der Waals surface area contributed by atoms with Crippen LogP contribution in [0.5, 0.6) is 0 Å². The van der Waals surface area contributed by atoms with Crippen LogP contribution in [0.4, 0.5) is 0 Å². The van der Waals surface area contributed by atoms with Crippen molar-refractivity contribution in [1.29, 1.82) is 0 Å². The quantitative estimate of drug-likeness (QED) is 0.706. The Bertz CT molecular complexity index is 297. The van der Waals surface area contributed by atoms with E-state index in [0.29, 0.717) is 0 Å². The maximum Gasteiger partial charge on any atom is 0.109 e. The molecule has 0 aromatic heterocycles. The highest BCUT2D eigenvalue weighted by atomic mass is 31.2. The highest BCUT2D eigenvalue weighted by Gasteiger charge is 2.09. The minimum atomic E-state index is -2.13. The molecule has 1 aromatic carbocycles.